The van der Waals surface area contributed by atoms with Crippen molar-refractivity contribution in [1.29, 1.82) is 0 Å². The summed E-state index contributed by atoms with van der Waals surface area (Å²) in [5, 5.41) is 0. The first kappa shape index (κ1) is 21.2. The van der Waals surface area contributed by atoms with Gasteiger partial charge in [0.25, 0.3) is 0 Å². The van der Waals surface area contributed by atoms with Gasteiger partial charge in [-0.2, -0.15) is 0 Å². The molecule has 16 heavy (non-hydrogen) atoms. The van der Waals surface area contributed by atoms with Crippen LogP contribution in [0.4, 0.5) is 4.39 Å². The van der Waals surface area contributed by atoms with Crippen LogP contribution in [0.5, 0.6) is 0 Å². The number of hydrogen-bond donors (Lipinski definition) is 1. The van der Waals surface area contributed by atoms with Gasteiger partial charge in [0.1, 0.15) is 0 Å². The molecule has 0 heterocycles. The van der Waals surface area contributed by atoms with E-state index in [0.29, 0.717) is 0 Å². The molecule has 0 aliphatic heterocycles. The van der Waals surface area contributed by atoms with Crippen LogP contribution in [0.25, 0.3) is 0 Å². The zero-order chi connectivity index (χ0) is 13.1. The lowest BCUT2D eigenvalue weighted by Gasteiger charge is -1.89. The average molecular weight is 236 g/mol. The van der Waals surface area contributed by atoms with Crippen molar-refractivity contribution in [2.45, 2.75) is 79.1 Å². The Balaban J connectivity index is -0.000000183. The molecule has 0 amide bonds. The number of alkyl halides is 1. The van der Waals surface area contributed by atoms with Gasteiger partial charge in [-0.25, -0.2) is 0 Å². The third-order valence-corrected chi connectivity index (χ3v) is 2.09. The van der Waals surface area contributed by atoms with Crippen molar-refractivity contribution in [3.8, 4) is 0 Å². The first-order chi connectivity index (χ1) is 7.83. The highest BCUT2D eigenvalue weighted by atomic mass is 19.1. The minimum atomic E-state index is -0.139. The summed E-state index contributed by atoms with van der Waals surface area (Å²) >= 11 is 0. The number of hydrogen-bond acceptors (Lipinski definition) is 0. The molecule has 0 bridgehead atoms. The summed E-state index contributed by atoms with van der Waals surface area (Å²) in [6.45, 7) is 9.32. The van der Waals surface area contributed by atoms with Gasteiger partial charge in [0.15, 0.2) is 0 Å². The molecule has 3 N–H and O–H groups in total. The van der Waals surface area contributed by atoms with Gasteiger partial charge in [-0.15, -0.1) is 0 Å². The molecule has 0 fully saturated rings. The van der Waals surface area contributed by atoms with Crippen LogP contribution in [-0.2, 0) is 0 Å². The van der Waals surface area contributed by atoms with Crippen LogP contribution in [0, 0.1) is 0 Å². The third-order valence-electron chi connectivity index (χ3n) is 2.09. The van der Waals surface area contributed by atoms with Crippen molar-refractivity contribution in [3.63, 3.8) is 0 Å². The van der Waals surface area contributed by atoms with Crippen LogP contribution in [0.1, 0.15) is 79.1 Å². The Bertz CT molecular complexity index is 59.1. The highest BCUT2D eigenvalue weighted by Gasteiger charge is 1.82. The summed E-state index contributed by atoms with van der Waals surface area (Å²) in [5.41, 5.74) is 3.76. The predicted molar refractivity (Wildman–Crippen MR) is 73.4 cm³/mol. The average Bonchev–Trinajstić information content (AvgIpc) is 2.34. The Kier molecular flexibility index (Phi) is 38.9. The van der Waals surface area contributed by atoms with E-state index < -0.39 is 0 Å². The van der Waals surface area contributed by atoms with E-state index in [1.165, 1.54) is 38.5 Å². The summed E-state index contributed by atoms with van der Waals surface area (Å²) < 4.78 is 11.3. The minimum Gasteiger partial charge on any atom is -0.358 e. The van der Waals surface area contributed by atoms with Gasteiger partial charge >= 0.3 is 0 Å². The minimum absolute atomic E-state index is 0.139. The van der Waals surface area contributed by atoms with E-state index in [-0.39, 0.29) is 6.67 Å². The topological polar surface area (TPSA) is 27.6 Å². The molecule has 0 radical (unpaired) electrons. The number of quaternary nitrogens is 1. The maximum absolute atomic E-state index is 11.3. The summed E-state index contributed by atoms with van der Waals surface area (Å²) in [5.74, 6) is 0. The van der Waals surface area contributed by atoms with Crippen LogP contribution in [0.3, 0.4) is 0 Å². The zero-order valence-corrected chi connectivity index (χ0v) is 12.2. The second-order valence-electron chi connectivity index (χ2n) is 3.66. The molecule has 0 atom stereocenters. The smallest absolute Gasteiger partial charge is 0.0894 e. The molecule has 2 heteroatoms. The fourth-order valence-electron chi connectivity index (χ4n) is 1.12. The first-order valence-corrected chi connectivity index (χ1v) is 7.18. The Labute approximate surface area is 103 Å². The lowest BCUT2D eigenvalue weighted by atomic mass is 10.2. The molecule has 0 aromatic rings. The first-order valence-electron chi connectivity index (χ1n) is 7.18. The fourth-order valence-corrected chi connectivity index (χ4v) is 1.12. The normalized spacial score (nSPS) is 8.62. The predicted octanol–water partition coefficient (Wildman–Crippen LogP) is 4.37. The number of unbranched alkanes of at least 4 members (excludes halogenated alkanes) is 6. The molecular formula is C14H35FN+. The van der Waals surface area contributed by atoms with Crippen molar-refractivity contribution in [3.05, 3.63) is 0 Å². The van der Waals surface area contributed by atoms with Gasteiger partial charge in [0, 0.05) is 0 Å². The number of rotatable bonds is 8. The fraction of sp³-hybridized carbons (Fsp3) is 1.00. The molecule has 0 aromatic heterocycles. The lowest BCUT2D eigenvalue weighted by Crippen LogP contribution is -2.50. The second-order valence-corrected chi connectivity index (χ2v) is 3.66. The van der Waals surface area contributed by atoms with E-state index in [0.717, 1.165) is 19.4 Å². The van der Waals surface area contributed by atoms with Gasteiger partial charge in [-0.05, 0) is 19.3 Å². The van der Waals surface area contributed by atoms with Crippen molar-refractivity contribution in [2.75, 3.05) is 13.2 Å². The second kappa shape index (κ2) is 29.4. The zero-order valence-electron chi connectivity index (χ0n) is 12.2. The monoisotopic (exact) mass is 236 g/mol. The molecular weight excluding hydrogens is 201 g/mol. The van der Waals surface area contributed by atoms with Crippen LogP contribution in [-0.4, -0.2) is 13.2 Å². The molecule has 0 saturated heterocycles. The van der Waals surface area contributed by atoms with Gasteiger partial charge < -0.3 is 5.73 Å². The Hall–Kier alpha value is -0.110. The molecule has 0 aliphatic carbocycles. The third kappa shape index (κ3) is 37.1. The van der Waals surface area contributed by atoms with Crippen LogP contribution in [0.2, 0.25) is 0 Å². The number of halogens is 1. The van der Waals surface area contributed by atoms with Crippen molar-refractivity contribution >= 4 is 0 Å². The summed E-state index contributed by atoms with van der Waals surface area (Å²) in [7, 11) is 0. The van der Waals surface area contributed by atoms with Gasteiger partial charge in [-0.3, -0.25) is 4.39 Å². The Morgan fingerprint density at radius 1 is 0.750 bits per heavy atom. The summed E-state index contributed by atoms with van der Waals surface area (Å²) in [4.78, 5) is 0. The van der Waals surface area contributed by atoms with E-state index in [1.54, 1.807) is 0 Å². The van der Waals surface area contributed by atoms with E-state index in [1.807, 2.05) is 13.8 Å². The van der Waals surface area contributed by atoms with E-state index in [9.17, 15) is 4.39 Å². The van der Waals surface area contributed by atoms with Crippen molar-refractivity contribution in [1.82, 2.24) is 0 Å². The molecule has 0 aliphatic rings. The molecule has 0 spiro atoms. The molecule has 1 nitrogen and oxygen atoms in total. The highest BCUT2D eigenvalue weighted by Crippen LogP contribution is 1.97. The highest BCUT2D eigenvalue weighted by molar-refractivity contribution is 4.36. The lowest BCUT2D eigenvalue weighted by molar-refractivity contribution is -0.368. The molecule has 0 rings (SSSR count). The maximum atomic E-state index is 11.3. The summed E-state index contributed by atoms with van der Waals surface area (Å²) in [6, 6.07) is 0. The van der Waals surface area contributed by atoms with E-state index in [4.69, 9.17) is 0 Å². The Morgan fingerprint density at radius 3 is 1.50 bits per heavy atom. The standard InChI is InChI=1S/C6H13F.C6H15N.C2H6/c2*1-2-3-4-5-6-7;1-2/h2-6H2,1H3;2-7H2,1H3;1-2H3/p+1. The molecule has 0 unspecified atom stereocenters. The van der Waals surface area contributed by atoms with Gasteiger partial charge in [0.2, 0.25) is 0 Å². The SMILES string of the molecule is CC.CCCCCCF.CCCCCC[NH3+]. The van der Waals surface area contributed by atoms with E-state index >= 15 is 0 Å². The molecule has 0 saturated carbocycles. The van der Waals surface area contributed by atoms with Crippen LogP contribution in [0.15, 0.2) is 0 Å². The van der Waals surface area contributed by atoms with Crippen molar-refractivity contribution < 1.29 is 10.1 Å². The van der Waals surface area contributed by atoms with Crippen molar-refractivity contribution in [2.24, 2.45) is 0 Å². The molecule has 102 valence electrons. The van der Waals surface area contributed by atoms with E-state index in [2.05, 4.69) is 19.6 Å². The molecule has 0 aromatic carbocycles. The Morgan fingerprint density at radius 2 is 1.19 bits per heavy atom. The largest absolute Gasteiger partial charge is 0.358 e. The summed E-state index contributed by atoms with van der Waals surface area (Å²) in [6.07, 6.45) is 9.61. The van der Waals surface area contributed by atoms with Crippen LogP contribution >= 0.6 is 0 Å². The quantitative estimate of drug-likeness (QED) is 0.606. The van der Waals surface area contributed by atoms with Gasteiger partial charge in [-0.1, -0.05) is 59.8 Å². The van der Waals surface area contributed by atoms with Crippen LogP contribution < -0.4 is 5.73 Å². The maximum Gasteiger partial charge on any atom is 0.0894 e. The van der Waals surface area contributed by atoms with Gasteiger partial charge in [0.05, 0.1) is 13.2 Å².